The molecule has 1 aliphatic heterocycles. The second-order valence-electron chi connectivity index (χ2n) is 7.31. The quantitative estimate of drug-likeness (QED) is 0.565. The highest BCUT2D eigenvalue weighted by Gasteiger charge is 2.31. The molecular formula is C24H24FN3O3. The van der Waals surface area contributed by atoms with Crippen LogP contribution < -0.4 is 14.4 Å². The fourth-order valence-corrected chi connectivity index (χ4v) is 3.90. The molecule has 1 amide bonds. The number of pyridine rings is 1. The maximum atomic E-state index is 13.5. The van der Waals surface area contributed by atoms with E-state index < -0.39 is 0 Å². The second-order valence-corrected chi connectivity index (χ2v) is 7.31. The number of rotatable bonds is 6. The van der Waals surface area contributed by atoms with E-state index in [1.54, 1.807) is 31.3 Å². The van der Waals surface area contributed by atoms with Gasteiger partial charge < -0.3 is 19.3 Å². The Hall–Kier alpha value is -3.61. The van der Waals surface area contributed by atoms with Gasteiger partial charge in [0.15, 0.2) is 0 Å². The molecular weight excluding hydrogens is 397 g/mol. The van der Waals surface area contributed by atoms with Gasteiger partial charge in [-0.2, -0.15) is 0 Å². The molecule has 0 saturated carbocycles. The van der Waals surface area contributed by atoms with Gasteiger partial charge in [0.1, 0.15) is 11.6 Å². The van der Waals surface area contributed by atoms with Crippen LogP contribution in [0.15, 0.2) is 60.7 Å². The lowest BCUT2D eigenvalue weighted by Gasteiger charge is -2.42. The summed E-state index contributed by atoms with van der Waals surface area (Å²) in [7, 11) is 3.22. The van der Waals surface area contributed by atoms with Crippen LogP contribution in [0, 0.1) is 5.82 Å². The fourth-order valence-electron chi connectivity index (χ4n) is 3.90. The zero-order valence-corrected chi connectivity index (χ0v) is 17.5. The largest absolute Gasteiger partial charge is 0.497 e. The van der Waals surface area contributed by atoms with Gasteiger partial charge in [-0.1, -0.05) is 0 Å². The maximum Gasteiger partial charge on any atom is 0.219 e. The summed E-state index contributed by atoms with van der Waals surface area (Å²) in [4.78, 5) is 20.1. The lowest BCUT2D eigenvalue weighted by molar-refractivity contribution is -0.118. The molecule has 0 N–H and O–H groups in total. The summed E-state index contributed by atoms with van der Waals surface area (Å²) in [6.45, 7) is 1.70. The number of carbonyl (C=O) groups excluding carboxylic acids is 1. The number of halogens is 1. The van der Waals surface area contributed by atoms with Gasteiger partial charge in [0.25, 0.3) is 0 Å². The number of benzene rings is 2. The van der Waals surface area contributed by atoms with Crippen LogP contribution in [0.1, 0.15) is 11.6 Å². The summed E-state index contributed by atoms with van der Waals surface area (Å²) in [5.41, 5.74) is 3.48. The van der Waals surface area contributed by atoms with Gasteiger partial charge in [-0.3, -0.25) is 4.79 Å². The van der Waals surface area contributed by atoms with Crippen molar-refractivity contribution in [3.8, 4) is 22.9 Å². The average molecular weight is 421 g/mol. The Morgan fingerprint density at radius 2 is 1.71 bits per heavy atom. The van der Waals surface area contributed by atoms with Gasteiger partial charge >= 0.3 is 0 Å². The molecule has 2 aromatic carbocycles. The first kappa shape index (κ1) is 20.7. The van der Waals surface area contributed by atoms with Crippen LogP contribution in [0.2, 0.25) is 0 Å². The van der Waals surface area contributed by atoms with Crippen molar-refractivity contribution >= 4 is 12.1 Å². The number of ether oxygens (including phenoxy) is 2. The number of nitrogens with zero attached hydrogens (tertiary/aromatic N) is 3. The second kappa shape index (κ2) is 9.04. The standard InChI is InChI=1S/C24H24FN3O3/c1-30-20-9-3-17(4-10-20)22-12-11-21(24(26-22)31-2)23-15-27(16-29)13-14-28(23)19-7-5-18(25)6-8-19/h3-12,16,23H,13-15H2,1-2H3. The lowest BCUT2D eigenvalue weighted by atomic mass is 10.0. The number of hydrogen-bond donors (Lipinski definition) is 0. The van der Waals surface area contributed by atoms with Crippen LogP contribution in [0.25, 0.3) is 11.3 Å². The van der Waals surface area contributed by atoms with E-state index in [-0.39, 0.29) is 11.9 Å². The highest BCUT2D eigenvalue weighted by atomic mass is 19.1. The molecule has 160 valence electrons. The van der Waals surface area contributed by atoms with E-state index in [0.29, 0.717) is 25.5 Å². The smallest absolute Gasteiger partial charge is 0.219 e. The van der Waals surface area contributed by atoms with Gasteiger partial charge in [-0.25, -0.2) is 9.37 Å². The normalized spacial score (nSPS) is 16.2. The molecule has 1 fully saturated rings. The first-order valence-electron chi connectivity index (χ1n) is 10.0. The molecule has 1 saturated heterocycles. The molecule has 2 heterocycles. The molecule has 4 rings (SSSR count). The van der Waals surface area contributed by atoms with Crippen LogP contribution >= 0.6 is 0 Å². The Morgan fingerprint density at radius 1 is 0.968 bits per heavy atom. The molecule has 0 bridgehead atoms. The molecule has 31 heavy (non-hydrogen) atoms. The number of carbonyl (C=O) groups is 1. The maximum absolute atomic E-state index is 13.5. The first-order valence-corrected chi connectivity index (χ1v) is 10.0. The third kappa shape index (κ3) is 4.30. The van der Waals surface area contributed by atoms with Crippen LogP contribution in [0.3, 0.4) is 0 Å². The lowest BCUT2D eigenvalue weighted by Crippen LogP contribution is -2.48. The minimum atomic E-state index is -0.282. The molecule has 3 aromatic rings. The third-order valence-corrected chi connectivity index (χ3v) is 5.55. The number of piperazine rings is 1. The van der Waals surface area contributed by atoms with Gasteiger partial charge in [0.05, 0.1) is 26.0 Å². The summed E-state index contributed by atoms with van der Waals surface area (Å²) in [6, 6.07) is 17.8. The SMILES string of the molecule is COc1ccc(-c2ccc(C3CN(C=O)CCN3c3ccc(F)cc3)c(OC)n2)cc1. The number of aromatic nitrogens is 1. The van der Waals surface area contributed by atoms with Crippen molar-refractivity contribution in [2.45, 2.75) is 6.04 Å². The van der Waals surface area contributed by atoms with Crippen LogP contribution in [0.4, 0.5) is 10.1 Å². The highest BCUT2D eigenvalue weighted by molar-refractivity contribution is 5.62. The van der Waals surface area contributed by atoms with Crippen molar-refractivity contribution in [3.63, 3.8) is 0 Å². The van der Waals surface area contributed by atoms with Crippen molar-refractivity contribution in [2.24, 2.45) is 0 Å². The Morgan fingerprint density at radius 3 is 2.35 bits per heavy atom. The molecule has 1 atom stereocenters. The number of anilines is 1. The van der Waals surface area contributed by atoms with Gasteiger partial charge in [0, 0.05) is 36.4 Å². The Bertz CT molecular complexity index is 1040. The topological polar surface area (TPSA) is 54.9 Å². The van der Waals surface area contributed by atoms with E-state index in [1.807, 2.05) is 36.4 Å². The summed E-state index contributed by atoms with van der Waals surface area (Å²) in [5.74, 6) is 0.992. The third-order valence-electron chi connectivity index (χ3n) is 5.55. The Labute approximate surface area is 180 Å². The number of hydrogen-bond acceptors (Lipinski definition) is 5. The van der Waals surface area contributed by atoms with E-state index in [1.165, 1.54) is 12.1 Å². The van der Waals surface area contributed by atoms with Crippen molar-refractivity contribution in [1.29, 1.82) is 0 Å². The summed E-state index contributed by atoms with van der Waals surface area (Å²) in [5, 5.41) is 0. The van der Waals surface area contributed by atoms with Crippen molar-refractivity contribution in [1.82, 2.24) is 9.88 Å². The molecule has 1 unspecified atom stereocenters. The van der Waals surface area contributed by atoms with E-state index in [2.05, 4.69) is 4.90 Å². The van der Waals surface area contributed by atoms with E-state index in [4.69, 9.17) is 14.5 Å². The van der Waals surface area contributed by atoms with Crippen molar-refractivity contribution in [3.05, 3.63) is 72.0 Å². The van der Waals surface area contributed by atoms with E-state index in [0.717, 1.165) is 34.7 Å². The average Bonchev–Trinajstić information content (AvgIpc) is 2.84. The van der Waals surface area contributed by atoms with Crippen LogP contribution in [-0.2, 0) is 4.79 Å². The first-order chi connectivity index (χ1) is 15.1. The van der Waals surface area contributed by atoms with Crippen molar-refractivity contribution in [2.75, 3.05) is 38.8 Å². The number of amides is 1. The van der Waals surface area contributed by atoms with Gasteiger partial charge in [-0.15, -0.1) is 0 Å². The summed E-state index contributed by atoms with van der Waals surface area (Å²) >= 11 is 0. The van der Waals surface area contributed by atoms with Gasteiger partial charge in [0.2, 0.25) is 12.3 Å². The monoisotopic (exact) mass is 421 g/mol. The molecule has 0 radical (unpaired) electrons. The highest BCUT2D eigenvalue weighted by Crippen LogP contribution is 2.36. The van der Waals surface area contributed by atoms with E-state index in [9.17, 15) is 9.18 Å². The number of methoxy groups -OCH3 is 2. The molecule has 0 spiro atoms. The van der Waals surface area contributed by atoms with Crippen LogP contribution in [0.5, 0.6) is 11.6 Å². The minimum absolute atomic E-state index is 0.170. The molecule has 0 aliphatic carbocycles. The van der Waals surface area contributed by atoms with Crippen LogP contribution in [-0.4, -0.2) is 50.1 Å². The Kier molecular flexibility index (Phi) is 6.02. The van der Waals surface area contributed by atoms with E-state index >= 15 is 0 Å². The Balaban J connectivity index is 1.71. The predicted molar refractivity (Wildman–Crippen MR) is 117 cm³/mol. The summed E-state index contributed by atoms with van der Waals surface area (Å²) < 4.78 is 24.3. The minimum Gasteiger partial charge on any atom is -0.497 e. The van der Waals surface area contributed by atoms with Crippen molar-refractivity contribution < 1.29 is 18.7 Å². The molecule has 7 heteroatoms. The zero-order chi connectivity index (χ0) is 21.8. The zero-order valence-electron chi connectivity index (χ0n) is 17.5. The molecule has 1 aliphatic rings. The predicted octanol–water partition coefficient (Wildman–Crippen LogP) is 3.92. The van der Waals surface area contributed by atoms with Gasteiger partial charge in [-0.05, 0) is 60.7 Å². The molecule has 1 aromatic heterocycles. The fraction of sp³-hybridized carbons (Fsp3) is 0.250. The molecule has 6 nitrogen and oxygen atoms in total. The summed E-state index contributed by atoms with van der Waals surface area (Å²) in [6.07, 6.45) is 0.862.